The SMILES string of the molecule is Cc1occc1Sc1ccc(Br)cc1CO. The monoisotopic (exact) mass is 298 g/mol. The molecule has 0 unspecified atom stereocenters. The number of furan rings is 1. The van der Waals surface area contributed by atoms with E-state index < -0.39 is 0 Å². The molecule has 0 fully saturated rings. The molecule has 0 aliphatic carbocycles. The van der Waals surface area contributed by atoms with Crippen molar-refractivity contribution in [3.63, 3.8) is 0 Å². The first-order valence-electron chi connectivity index (χ1n) is 4.82. The van der Waals surface area contributed by atoms with E-state index in [4.69, 9.17) is 4.42 Å². The van der Waals surface area contributed by atoms with E-state index in [2.05, 4.69) is 15.9 Å². The number of aliphatic hydroxyl groups excluding tert-OH is 1. The fourth-order valence-electron chi connectivity index (χ4n) is 1.37. The third kappa shape index (κ3) is 2.51. The van der Waals surface area contributed by atoms with Crippen LogP contribution in [0.25, 0.3) is 0 Å². The summed E-state index contributed by atoms with van der Waals surface area (Å²) in [5, 5.41) is 9.28. The molecule has 0 saturated carbocycles. The number of benzene rings is 1. The van der Waals surface area contributed by atoms with Crippen LogP contribution in [0.1, 0.15) is 11.3 Å². The van der Waals surface area contributed by atoms with Crippen molar-refractivity contribution < 1.29 is 9.52 Å². The number of hydrogen-bond acceptors (Lipinski definition) is 3. The molecule has 0 spiro atoms. The van der Waals surface area contributed by atoms with Crippen molar-refractivity contribution in [3.05, 3.63) is 46.3 Å². The van der Waals surface area contributed by atoms with Gasteiger partial charge in [-0.15, -0.1) is 0 Å². The lowest BCUT2D eigenvalue weighted by atomic mass is 10.2. The van der Waals surface area contributed by atoms with Crippen LogP contribution in [0.15, 0.2) is 49.2 Å². The minimum Gasteiger partial charge on any atom is -0.468 e. The lowest BCUT2D eigenvalue weighted by Gasteiger charge is -2.06. The van der Waals surface area contributed by atoms with Crippen LogP contribution in [0.2, 0.25) is 0 Å². The topological polar surface area (TPSA) is 33.4 Å². The van der Waals surface area contributed by atoms with Crippen LogP contribution in [-0.4, -0.2) is 5.11 Å². The maximum atomic E-state index is 9.28. The molecule has 0 atom stereocenters. The van der Waals surface area contributed by atoms with Crippen molar-refractivity contribution in [2.24, 2.45) is 0 Å². The second-order valence-corrected chi connectivity index (χ2v) is 5.35. The van der Waals surface area contributed by atoms with Crippen molar-refractivity contribution in [1.82, 2.24) is 0 Å². The van der Waals surface area contributed by atoms with Crippen molar-refractivity contribution in [3.8, 4) is 0 Å². The standard InChI is InChI=1S/C12H11BrO2S/c1-8-11(4-5-15-8)16-12-3-2-10(13)6-9(12)7-14/h2-6,14H,7H2,1H3. The van der Waals surface area contributed by atoms with E-state index in [9.17, 15) is 5.11 Å². The fraction of sp³-hybridized carbons (Fsp3) is 0.167. The Hall–Kier alpha value is -0.710. The predicted molar refractivity (Wildman–Crippen MR) is 67.6 cm³/mol. The molecule has 0 aliphatic heterocycles. The molecule has 0 radical (unpaired) electrons. The molecular weight excluding hydrogens is 288 g/mol. The third-order valence-electron chi connectivity index (χ3n) is 2.22. The molecule has 2 nitrogen and oxygen atoms in total. The van der Waals surface area contributed by atoms with Gasteiger partial charge >= 0.3 is 0 Å². The molecule has 1 N–H and O–H groups in total. The van der Waals surface area contributed by atoms with E-state index >= 15 is 0 Å². The minimum atomic E-state index is 0.0403. The summed E-state index contributed by atoms with van der Waals surface area (Å²) in [6.07, 6.45) is 1.68. The van der Waals surface area contributed by atoms with E-state index in [0.717, 1.165) is 25.6 Å². The highest BCUT2D eigenvalue weighted by Gasteiger charge is 2.08. The Labute approximate surface area is 107 Å². The molecule has 2 aromatic rings. The van der Waals surface area contributed by atoms with Gasteiger partial charge in [0.25, 0.3) is 0 Å². The van der Waals surface area contributed by atoms with E-state index in [-0.39, 0.29) is 6.61 Å². The van der Waals surface area contributed by atoms with Crippen LogP contribution in [0, 0.1) is 6.92 Å². The first-order chi connectivity index (χ1) is 7.70. The van der Waals surface area contributed by atoms with E-state index in [1.807, 2.05) is 31.2 Å². The van der Waals surface area contributed by atoms with Crippen molar-refractivity contribution in [2.75, 3.05) is 0 Å². The second-order valence-electron chi connectivity index (χ2n) is 3.35. The lowest BCUT2D eigenvalue weighted by Crippen LogP contribution is -1.87. The third-order valence-corrected chi connectivity index (χ3v) is 3.98. The second kappa shape index (κ2) is 5.08. The Morgan fingerprint density at radius 3 is 2.75 bits per heavy atom. The summed E-state index contributed by atoms with van der Waals surface area (Å²) < 4.78 is 6.22. The summed E-state index contributed by atoms with van der Waals surface area (Å²) in [7, 11) is 0. The minimum absolute atomic E-state index is 0.0403. The van der Waals surface area contributed by atoms with Gasteiger partial charge in [-0.3, -0.25) is 0 Å². The van der Waals surface area contributed by atoms with E-state index in [1.54, 1.807) is 18.0 Å². The van der Waals surface area contributed by atoms with Gasteiger partial charge in [-0.2, -0.15) is 0 Å². The number of hydrogen-bond donors (Lipinski definition) is 1. The maximum absolute atomic E-state index is 9.28. The maximum Gasteiger partial charge on any atom is 0.114 e. The molecule has 84 valence electrons. The van der Waals surface area contributed by atoms with Gasteiger partial charge in [-0.05, 0) is 36.8 Å². The normalized spacial score (nSPS) is 10.7. The molecule has 0 bridgehead atoms. The van der Waals surface area contributed by atoms with E-state index in [1.165, 1.54) is 0 Å². The lowest BCUT2D eigenvalue weighted by molar-refractivity contribution is 0.279. The largest absolute Gasteiger partial charge is 0.468 e. The number of halogens is 1. The molecule has 4 heteroatoms. The van der Waals surface area contributed by atoms with Gasteiger partial charge in [0.15, 0.2) is 0 Å². The first-order valence-corrected chi connectivity index (χ1v) is 6.43. The Kier molecular flexibility index (Phi) is 3.74. The quantitative estimate of drug-likeness (QED) is 0.930. The van der Waals surface area contributed by atoms with Gasteiger partial charge in [0.05, 0.1) is 17.8 Å². The number of aliphatic hydroxyl groups is 1. The molecule has 2 rings (SSSR count). The molecule has 0 aliphatic rings. The Bertz CT molecular complexity index is 494. The van der Waals surface area contributed by atoms with Gasteiger partial charge in [0.1, 0.15) is 5.76 Å². The average Bonchev–Trinajstić information content (AvgIpc) is 2.67. The van der Waals surface area contributed by atoms with Crippen molar-refractivity contribution in [1.29, 1.82) is 0 Å². The molecule has 1 aromatic heterocycles. The predicted octanol–water partition coefficient (Wildman–Crippen LogP) is 3.99. The average molecular weight is 299 g/mol. The Balaban J connectivity index is 2.31. The zero-order chi connectivity index (χ0) is 11.5. The highest BCUT2D eigenvalue weighted by molar-refractivity contribution is 9.10. The van der Waals surface area contributed by atoms with E-state index in [0.29, 0.717) is 0 Å². The van der Waals surface area contributed by atoms with Crippen LogP contribution in [0.5, 0.6) is 0 Å². The van der Waals surface area contributed by atoms with Crippen molar-refractivity contribution >= 4 is 27.7 Å². The van der Waals surface area contributed by atoms with Crippen LogP contribution < -0.4 is 0 Å². The summed E-state index contributed by atoms with van der Waals surface area (Å²) >= 11 is 5.00. The highest BCUT2D eigenvalue weighted by atomic mass is 79.9. The van der Waals surface area contributed by atoms with Gasteiger partial charge in [-0.1, -0.05) is 27.7 Å². The van der Waals surface area contributed by atoms with Crippen LogP contribution in [0.3, 0.4) is 0 Å². The highest BCUT2D eigenvalue weighted by Crippen LogP contribution is 2.34. The molecule has 16 heavy (non-hydrogen) atoms. The van der Waals surface area contributed by atoms with Gasteiger partial charge in [0.2, 0.25) is 0 Å². The fourth-order valence-corrected chi connectivity index (χ4v) is 2.72. The molecule has 0 saturated heterocycles. The number of rotatable bonds is 3. The molecule has 0 amide bonds. The number of aryl methyl sites for hydroxylation is 1. The van der Waals surface area contributed by atoms with Gasteiger partial charge < -0.3 is 9.52 Å². The zero-order valence-electron chi connectivity index (χ0n) is 8.74. The van der Waals surface area contributed by atoms with Crippen LogP contribution in [-0.2, 0) is 6.61 Å². The smallest absolute Gasteiger partial charge is 0.114 e. The van der Waals surface area contributed by atoms with Crippen molar-refractivity contribution in [2.45, 2.75) is 23.3 Å². The Morgan fingerprint density at radius 1 is 1.31 bits per heavy atom. The van der Waals surface area contributed by atoms with Gasteiger partial charge in [0, 0.05) is 9.37 Å². The summed E-state index contributed by atoms with van der Waals surface area (Å²) in [6, 6.07) is 7.82. The Morgan fingerprint density at radius 2 is 2.12 bits per heavy atom. The first kappa shape index (κ1) is 11.8. The summed E-state index contributed by atoms with van der Waals surface area (Å²) in [5.41, 5.74) is 0.917. The summed E-state index contributed by atoms with van der Waals surface area (Å²) in [6.45, 7) is 1.97. The van der Waals surface area contributed by atoms with Crippen LogP contribution >= 0.6 is 27.7 Å². The molecular formula is C12H11BrO2S. The molecule has 1 heterocycles. The summed E-state index contributed by atoms with van der Waals surface area (Å²) in [5.74, 6) is 0.900. The van der Waals surface area contributed by atoms with Gasteiger partial charge in [-0.25, -0.2) is 0 Å². The molecule has 1 aromatic carbocycles. The van der Waals surface area contributed by atoms with Crippen LogP contribution in [0.4, 0.5) is 0 Å². The summed E-state index contributed by atoms with van der Waals surface area (Å²) in [4.78, 5) is 2.13. The zero-order valence-corrected chi connectivity index (χ0v) is 11.1.